The van der Waals surface area contributed by atoms with Gasteiger partial charge in [0.15, 0.2) is 6.79 Å². The van der Waals surface area contributed by atoms with Crippen molar-refractivity contribution in [2.24, 2.45) is 0 Å². The lowest BCUT2D eigenvalue weighted by atomic mass is 10.1. The van der Waals surface area contributed by atoms with Crippen molar-refractivity contribution < 1.29 is 28.5 Å². The Hall–Kier alpha value is -2.77. The van der Waals surface area contributed by atoms with Crippen LogP contribution in [0.3, 0.4) is 0 Å². The summed E-state index contributed by atoms with van der Waals surface area (Å²) in [6, 6.07) is 15.1. The molecule has 0 N–H and O–H groups in total. The molecule has 0 saturated carbocycles. The predicted octanol–water partition coefficient (Wildman–Crippen LogP) is 5.51. The van der Waals surface area contributed by atoms with Crippen LogP contribution in [-0.2, 0) is 25.5 Å². The number of ketones is 1. The van der Waals surface area contributed by atoms with E-state index in [1.54, 1.807) is 21.0 Å². The van der Waals surface area contributed by atoms with E-state index in [4.69, 9.17) is 18.9 Å². The second-order valence-corrected chi connectivity index (χ2v) is 9.00. The zero-order chi connectivity index (χ0) is 24.2. The molecule has 2 rings (SSSR count). The quantitative estimate of drug-likeness (QED) is 0.265. The molecule has 0 aliphatic heterocycles. The first kappa shape index (κ1) is 26.5. The Morgan fingerprint density at radius 3 is 2.39 bits per heavy atom. The first-order valence-corrected chi connectivity index (χ1v) is 11.7. The highest BCUT2D eigenvalue weighted by Crippen LogP contribution is 2.26. The lowest BCUT2D eigenvalue weighted by Crippen LogP contribution is -2.18. The maximum absolute atomic E-state index is 11.9. The Balaban J connectivity index is 2.03. The number of hydrogen-bond donors (Lipinski definition) is 0. The van der Waals surface area contributed by atoms with Gasteiger partial charge < -0.3 is 18.9 Å². The van der Waals surface area contributed by atoms with Crippen molar-refractivity contribution in [2.75, 3.05) is 20.5 Å². The van der Waals surface area contributed by atoms with Gasteiger partial charge in [-0.05, 0) is 60.6 Å². The number of esters is 1. The summed E-state index contributed by atoms with van der Waals surface area (Å²) in [4.78, 5) is 24.3. The van der Waals surface area contributed by atoms with E-state index in [0.29, 0.717) is 17.9 Å². The van der Waals surface area contributed by atoms with Crippen LogP contribution in [0.2, 0.25) is 0 Å². The first-order chi connectivity index (χ1) is 15.8. The molecule has 2 aromatic carbocycles. The van der Waals surface area contributed by atoms with Gasteiger partial charge in [-0.3, -0.25) is 9.59 Å². The zero-order valence-electron chi connectivity index (χ0n) is 19.7. The van der Waals surface area contributed by atoms with Gasteiger partial charge in [-0.25, -0.2) is 0 Å². The van der Waals surface area contributed by atoms with Crippen molar-refractivity contribution in [3.63, 3.8) is 0 Å². The average Bonchev–Trinajstić information content (AvgIpc) is 2.81. The fourth-order valence-corrected chi connectivity index (χ4v) is 3.91. The van der Waals surface area contributed by atoms with Crippen LogP contribution >= 0.6 is 11.8 Å². The van der Waals surface area contributed by atoms with E-state index >= 15 is 0 Å². The monoisotopic (exact) mass is 472 g/mol. The number of carbonyl (C=O) groups is 2. The van der Waals surface area contributed by atoms with Gasteiger partial charge in [-0.15, -0.1) is 11.8 Å². The highest BCUT2D eigenvalue weighted by Gasteiger charge is 2.17. The summed E-state index contributed by atoms with van der Waals surface area (Å²) in [5, 5.41) is -0.147. The van der Waals surface area contributed by atoms with Crippen LogP contribution in [0.5, 0.6) is 11.5 Å². The third kappa shape index (κ3) is 9.32. The minimum Gasteiger partial charge on any atom is -0.497 e. The van der Waals surface area contributed by atoms with E-state index in [1.165, 1.54) is 11.8 Å². The molecule has 7 heteroatoms. The van der Waals surface area contributed by atoms with E-state index in [-0.39, 0.29) is 36.8 Å². The smallest absolute Gasteiger partial charge is 0.307 e. The highest BCUT2D eigenvalue weighted by atomic mass is 32.2. The Labute approximate surface area is 200 Å². The molecule has 0 aromatic heterocycles. The molecule has 0 aliphatic rings. The van der Waals surface area contributed by atoms with Crippen LogP contribution in [0.25, 0.3) is 0 Å². The van der Waals surface area contributed by atoms with Crippen LogP contribution in [0.15, 0.2) is 60.0 Å². The van der Waals surface area contributed by atoms with Gasteiger partial charge in [0, 0.05) is 6.42 Å². The number of hydrogen-bond acceptors (Lipinski definition) is 7. The summed E-state index contributed by atoms with van der Waals surface area (Å²) in [6.45, 7) is 9.18. The molecule has 0 amide bonds. The molecule has 6 nitrogen and oxygen atoms in total. The summed E-state index contributed by atoms with van der Waals surface area (Å²) in [6.07, 6.45) is 0.454. The van der Waals surface area contributed by atoms with Gasteiger partial charge >= 0.3 is 5.97 Å². The summed E-state index contributed by atoms with van der Waals surface area (Å²) >= 11 is 1.49. The van der Waals surface area contributed by atoms with Crippen molar-refractivity contribution in [3.05, 3.63) is 71.1 Å². The number of carbonyl (C=O) groups excluding carboxylic acids is 2. The Morgan fingerprint density at radius 2 is 1.79 bits per heavy atom. The standard InChI is InChI=1S/C26H32O6S/c1-6-26(28)32-17-31-24(21-8-7-9-23(15-21)29-5)16-30-22-12-10-20(11-13-22)14-25(19(4)27)33-18(2)3/h7-13,15,24-25H,2,6,14,16-17H2,1,3-5H3. The summed E-state index contributed by atoms with van der Waals surface area (Å²) in [5.41, 5.74) is 1.89. The van der Waals surface area contributed by atoms with Crippen molar-refractivity contribution in [1.29, 1.82) is 0 Å². The van der Waals surface area contributed by atoms with Crippen LogP contribution < -0.4 is 9.47 Å². The molecule has 33 heavy (non-hydrogen) atoms. The fourth-order valence-electron chi connectivity index (χ4n) is 2.99. The van der Waals surface area contributed by atoms with Crippen molar-refractivity contribution >= 4 is 23.5 Å². The Bertz CT molecular complexity index is 925. The number of ether oxygens (including phenoxy) is 4. The molecule has 2 atom stereocenters. The summed E-state index contributed by atoms with van der Waals surface area (Å²) in [7, 11) is 1.60. The van der Waals surface area contributed by atoms with Crippen LogP contribution in [0.1, 0.15) is 44.4 Å². The molecule has 2 unspecified atom stereocenters. The van der Waals surface area contributed by atoms with E-state index in [0.717, 1.165) is 16.0 Å². The maximum Gasteiger partial charge on any atom is 0.307 e. The third-order valence-corrected chi connectivity index (χ3v) is 5.97. The molecule has 0 saturated heterocycles. The lowest BCUT2D eigenvalue weighted by molar-refractivity contribution is -0.162. The highest BCUT2D eigenvalue weighted by molar-refractivity contribution is 8.04. The van der Waals surface area contributed by atoms with Crippen LogP contribution in [-0.4, -0.2) is 37.5 Å². The predicted molar refractivity (Wildman–Crippen MR) is 131 cm³/mol. The minimum atomic E-state index is -0.460. The molecule has 0 radical (unpaired) electrons. The number of allylic oxidation sites excluding steroid dienone is 1. The van der Waals surface area contributed by atoms with E-state index in [9.17, 15) is 9.59 Å². The fraction of sp³-hybridized carbons (Fsp3) is 0.385. The Kier molecular flexibility index (Phi) is 11.0. The van der Waals surface area contributed by atoms with Crippen molar-refractivity contribution in [3.8, 4) is 11.5 Å². The largest absolute Gasteiger partial charge is 0.497 e. The van der Waals surface area contributed by atoms with E-state index in [1.807, 2.05) is 55.5 Å². The SMILES string of the molecule is C=C(C)SC(Cc1ccc(OCC(OCOC(=O)CC)c2cccc(OC)c2)cc1)C(C)=O. The van der Waals surface area contributed by atoms with Crippen LogP contribution in [0.4, 0.5) is 0 Å². The molecule has 0 heterocycles. The number of methoxy groups -OCH3 is 1. The molecule has 2 aromatic rings. The lowest BCUT2D eigenvalue weighted by Gasteiger charge is -2.20. The van der Waals surface area contributed by atoms with Gasteiger partial charge in [0.1, 0.15) is 30.0 Å². The van der Waals surface area contributed by atoms with E-state index < -0.39 is 6.10 Å². The molecular formula is C26H32O6S. The number of benzene rings is 2. The van der Waals surface area contributed by atoms with Crippen molar-refractivity contribution in [1.82, 2.24) is 0 Å². The topological polar surface area (TPSA) is 71.1 Å². The van der Waals surface area contributed by atoms with Gasteiger partial charge in [-0.2, -0.15) is 0 Å². The van der Waals surface area contributed by atoms with E-state index in [2.05, 4.69) is 6.58 Å². The van der Waals surface area contributed by atoms with Crippen molar-refractivity contribution in [2.45, 2.75) is 45.0 Å². The maximum atomic E-state index is 11.9. The molecule has 0 fully saturated rings. The minimum absolute atomic E-state index is 0.130. The van der Waals surface area contributed by atoms with Gasteiger partial charge in [0.2, 0.25) is 0 Å². The molecular weight excluding hydrogens is 440 g/mol. The first-order valence-electron chi connectivity index (χ1n) is 10.8. The molecule has 178 valence electrons. The number of Topliss-reactive ketones (excluding diaryl/α,β-unsaturated/α-hetero) is 1. The van der Waals surface area contributed by atoms with Gasteiger partial charge in [0.05, 0.1) is 12.4 Å². The molecule has 0 bridgehead atoms. The Morgan fingerprint density at radius 1 is 1.06 bits per heavy atom. The van der Waals surface area contributed by atoms with Gasteiger partial charge in [-0.1, -0.05) is 37.8 Å². The average molecular weight is 473 g/mol. The molecule has 0 spiro atoms. The molecule has 0 aliphatic carbocycles. The normalized spacial score (nSPS) is 12.5. The summed E-state index contributed by atoms with van der Waals surface area (Å²) < 4.78 is 22.1. The second kappa shape index (κ2) is 13.7. The zero-order valence-corrected chi connectivity index (χ0v) is 20.5. The number of rotatable bonds is 14. The summed E-state index contributed by atoms with van der Waals surface area (Å²) in [5.74, 6) is 1.17. The van der Waals surface area contributed by atoms with Crippen LogP contribution in [0, 0.1) is 0 Å². The third-order valence-electron chi connectivity index (χ3n) is 4.79. The second-order valence-electron chi connectivity index (χ2n) is 7.50. The van der Waals surface area contributed by atoms with Gasteiger partial charge in [0.25, 0.3) is 0 Å². The number of thioether (sulfide) groups is 1.